The molecule has 38 valence electrons. The minimum atomic E-state index is 0.509. The first-order valence-electron chi connectivity index (χ1n) is 1.79. The van der Waals surface area contributed by atoms with Crippen molar-refractivity contribution in [3.8, 4) is 0 Å². The van der Waals surface area contributed by atoms with Crippen LogP contribution in [0.25, 0.3) is 0 Å². The fraction of sp³-hybridized carbons (Fsp3) is 0.200. The van der Waals surface area contributed by atoms with Gasteiger partial charge in [0.25, 0.3) is 0 Å². The first kappa shape index (κ1) is 6.48. The van der Waals surface area contributed by atoms with Gasteiger partial charge in [0.1, 0.15) is 5.94 Å². The lowest BCUT2D eigenvalue weighted by atomic mass is 10.4. The molecule has 0 spiro atoms. The number of allylic oxidation sites excluding steroid dienone is 2. The molecular formula is C5H5ClO. The van der Waals surface area contributed by atoms with E-state index >= 15 is 0 Å². The summed E-state index contributed by atoms with van der Waals surface area (Å²) in [6.07, 6.45) is 1.48. The summed E-state index contributed by atoms with van der Waals surface area (Å²) in [5.41, 5.74) is 1.79. The van der Waals surface area contributed by atoms with E-state index in [2.05, 4.69) is 0 Å². The van der Waals surface area contributed by atoms with Crippen molar-refractivity contribution < 1.29 is 4.79 Å². The first-order valence-corrected chi connectivity index (χ1v) is 2.23. The highest BCUT2D eigenvalue weighted by Gasteiger charge is 1.73. The van der Waals surface area contributed by atoms with Gasteiger partial charge in [0.2, 0.25) is 0 Å². The normalized spacial score (nSPS) is 8.86. The zero-order chi connectivity index (χ0) is 5.70. The molecule has 0 aliphatic heterocycles. The largest absolute Gasteiger partial charge is 0.233 e. The quantitative estimate of drug-likeness (QED) is 0.375. The third-order valence-electron chi connectivity index (χ3n) is 0.474. The highest BCUT2D eigenvalue weighted by molar-refractivity contribution is 6.25. The van der Waals surface area contributed by atoms with Crippen molar-refractivity contribution in [2.45, 2.75) is 6.92 Å². The molecule has 0 heterocycles. The van der Waals surface area contributed by atoms with Crippen LogP contribution < -0.4 is 0 Å². The van der Waals surface area contributed by atoms with Gasteiger partial charge in [-0.15, -0.1) is 0 Å². The van der Waals surface area contributed by atoms with Gasteiger partial charge in [-0.25, -0.2) is 4.79 Å². The smallest absolute Gasteiger partial charge is 0.127 e. The van der Waals surface area contributed by atoms with Crippen molar-refractivity contribution in [2.24, 2.45) is 0 Å². The van der Waals surface area contributed by atoms with Crippen molar-refractivity contribution in [3.05, 3.63) is 17.2 Å². The SMILES string of the molecule is CC(=C=O)C=CCl. The second-order valence-corrected chi connectivity index (χ2v) is 1.33. The standard InChI is InChI=1S/C5H5ClO/c1-5(4-7)2-3-6/h2-3H,1H3. The van der Waals surface area contributed by atoms with Crippen LogP contribution in [0, 0.1) is 0 Å². The van der Waals surface area contributed by atoms with Gasteiger partial charge in [0.05, 0.1) is 0 Å². The molecule has 0 aromatic rings. The van der Waals surface area contributed by atoms with E-state index in [1.54, 1.807) is 12.9 Å². The average molecular weight is 117 g/mol. The van der Waals surface area contributed by atoms with Crippen LogP contribution in [0.3, 0.4) is 0 Å². The van der Waals surface area contributed by atoms with E-state index in [0.717, 1.165) is 0 Å². The van der Waals surface area contributed by atoms with E-state index in [0.29, 0.717) is 5.57 Å². The zero-order valence-corrected chi connectivity index (χ0v) is 4.70. The molecule has 0 fully saturated rings. The Bertz CT molecular complexity index is 120. The Hall–Kier alpha value is -0.520. The summed E-state index contributed by atoms with van der Waals surface area (Å²) in [6.45, 7) is 1.63. The molecule has 0 aliphatic carbocycles. The lowest BCUT2D eigenvalue weighted by Crippen LogP contribution is -1.62. The second-order valence-electron chi connectivity index (χ2n) is 1.08. The van der Waals surface area contributed by atoms with Gasteiger partial charge in [-0.3, -0.25) is 0 Å². The molecule has 0 rings (SSSR count). The van der Waals surface area contributed by atoms with E-state index in [1.807, 2.05) is 0 Å². The van der Waals surface area contributed by atoms with Crippen LogP contribution in [0.4, 0.5) is 0 Å². The molecular weight excluding hydrogens is 112 g/mol. The summed E-state index contributed by atoms with van der Waals surface area (Å²) in [5.74, 6) is 1.66. The molecule has 2 heteroatoms. The summed E-state index contributed by atoms with van der Waals surface area (Å²) in [5, 5.41) is 0. The Labute approximate surface area is 47.3 Å². The molecule has 0 bridgehead atoms. The molecule has 0 aromatic carbocycles. The van der Waals surface area contributed by atoms with Gasteiger partial charge in [-0.05, 0) is 13.0 Å². The van der Waals surface area contributed by atoms with Gasteiger partial charge >= 0.3 is 0 Å². The van der Waals surface area contributed by atoms with Gasteiger partial charge in [0, 0.05) is 11.1 Å². The van der Waals surface area contributed by atoms with Crippen molar-refractivity contribution >= 4 is 17.5 Å². The summed E-state index contributed by atoms with van der Waals surface area (Å²) in [7, 11) is 0. The third-order valence-corrected chi connectivity index (χ3v) is 0.600. The molecule has 0 aliphatic rings. The number of carbonyl (C=O) groups excluding carboxylic acids is 1. The maximum atomic E-state index is 9.62. The van der Waals surface area contributed by atoms with Gasteiger partial charge < -0.3 is 0 Å². The molecule has 0 aromatic heterocycles. The van der Waals surface area contributed by atoms with Gasteiger partial charge in [0.15, 0.2) is 0 Å². The van der Waals surface area contributed by atoms with Gasteiger partial charge in [-0.2, -0.15) is 0 Å². The molecule has 1 nitrogen and oxygen atoms in total. The van der Waals surface area contributed by atoms with Gasteiger partial charge in [-0.1, -0.05) is 11.6 Å². The van der Waals surface area contributed by atoms with Crippen molar-refractivity contribution in [3.63, 3.8) is 0 Å². The summed E-state index contributed by atoms with van der Waals surface area (Å²) in [6, 6.07) is 0. The van der Waals surface area contributed by atoms with Crippen LogP contribution in [0.5, 0.6) is 0 Å². The maximum absolute atomic E-state index is 9.62. The predicted molar refractivity (Wildman–Crippen MR) is 29.9 cm³/mol. The lowest BCUT2D eigenvalue weighted by Gasteiger charge is -1.71. The molecule has 0 saturated carbocycles. The number of hydrogen-bond acceptors (Lipinski definition) is 1. The number of rotatable bonds is 1. The summed E-state index contributed by atoms with van der Waals surface area (Å²) >= 11 is 5.09. The Balaban J connectivity index is 3.83. The van der Waals surface area contributed by atoms with Crippen molar-refractivity contribution in [1.29, 1.82) is 0 Å². The minimum absolute atomic E-state index is 0.509. The molecule has 0 saturated heterocycles. The molecule has 0 radical (unpaired) electrons. The lowest BCUT2D eigenvalue weighted by molar-refractivity contribution is 0.567. The Morgan fingerprint density at radius 1 is 1.86 bits per heavy atom. The zero-order valence-electron chi connectivity index (χ0n) is 3.94. The Morgan fingerprint density at radius 3 is 2.57 bits per heavy atom. The van der Waals surface area contributed by atoms with Crippen LogP contribution in [-0.2, 0) is 4.79 Å². The fourth-order valence-corrected chi connectivity index (χ4v) is 0.317. The molecule has 0 atom stereocenters. The molecule has 0 amide bonds. The van der Waals surface area contributed by atoms with E-state index in [4.69, 9.17) is 11.6 Å². The van der Waals surface area contributed by atoms with E-state index < -0.39 is 0 Å². The van der Waals surface area contributed by atoms with Crippen molar-refractivity contribution in [1.82, 2.24) is 0 Å². The van der Waals surface area contributed by atoms with E-state index in [9.17, 15) is 4.79 Å². The average Bonchev–Trinajstić information content (AvgIpc) is 1.68. The third kappa shape index (κ3) is 3.31. The van der Waals surface area contributed by atoms with E-state index in [1.165, 1.54) is 11.6 Å². The monoisotopic (exact) mass is 116 g/mol. The maximum Gasteiger partial charge on any atom is 0.127 e. The van der Waals surface area contributed by atoms with Crippen LogP contribution in [-0.4, -0.2) is 5.94 Å². The van der Waals surface area contributed by atoms with Crippen LogP contribution in [0.1, 0.15) is 6.92 Å². The number of hydrogen-bond donors (Lipinski definition) is 0. The van der Waals surface area contributed by atoms with Crippen LogP contribution in [0.2, 0.25) is 0 Å². The fourth-order valence-electron chi connectivity index (χ4n) is 0.129. The van der Waals surface area contributed by atoms with Crippen LogP contribution >= 0.6 is 11.6 Å². The molecule has 0 unspecified atom stereocenters. The predicted octanol–water partition coefficient (Wildman–Crippen LogP) is 1.52. The topological polar surface area (TPSA) is 17.1 Å². The highest BCUT2D eigenvalue weighted by atomic mass is 35.5. The summed E-state index contributed by atoms with van der Waals surface area (Å²) < 4.78 is 0. The van der Waals surface area contributed by atoms with E-state index in [-0.39, 0.29) is 0 Å². The summed E-state index contributed by atoms with van der Waals surface area (Å²) in [4.78, 5) is 9.62. The van der Waals surface area contributed by atoms with Crippen molar-refractivity contribution in [2.75, 3.05) is 0 Å². The highest BCUT2D eigenvalue weighted by Crippen LogP contribution is 1.87. The molecule has 7 heavy (non-hydrogen) atoms. The van der Waals surface area contributed by atoms with Crippen LogP contribution in [0.15, 0.2) is 17.2 Å². The number of halogens is 1. The minimum Gasteiger partial charge on any atom is -0.233 e. The molecule has 0 N–H and O–H groups in total. The Kier molecular flexibility index (Phi) is 3.39. The Morgan fingerprint density at radius 2 is 2.43 bits per heavy atom. The second kappa shape index (κ2) is 3.66. The first-order chi connectivity index (χ1) is 3.31.